The molecule has 4 aromatic rings. The Bertz CT molecular complexity index is 1100. The molecule has 7 nitrogen and oxygen atoms in total. The molecule has 4 rings (SSSR count). The molecule has 0 bridgehead atoms. The first-order chi connectivity index (χ1) is 13.2. The van der Waals surface area contributed by atoms with E-state index in [0.29, 0.717) is 28.7 Å². The number of carbonyl (C=O) groups excluding carboxylic acids is 1. The molecule has 27 heavy (non-hydrogen) atoms. The van der Waals surface area contributed by atoms with Gasteiger partial charge in [-0.3, -0.25) is 9.78 Å². The normalized spacial score (nSPS) is 10.7. The van der Waals surface area contributed by atoms with Crippen LogP contribution in [0.4, 0.5) is 5.69 Å². The summed E-state index contributed by atoms with van der Waals surface area (Å²) in [5.41, 5.74) is 1.78. The van der Waals surface area contributed by atoms with E-state index >= 15 is 0 Å². The van der Waals surface area contributed by atoms with Crippen LogP contribution < -0.4 is 10.1 Å². The number of aryl methyl sites for hydroxylation is 1. The minimum atomic E-state index is -0.284. The fourth-order valence-corrected chi connectivity index (χ4v) is 2.72. The summed E-state index contributed by atoms with van der Waals surface area (Å²) in [6, 6.07) is 16.4. The number of benzene rings is 2. The maximum atomic E-state index is 12.8. The van der Waals surface area contributed by atoms with Crippen LogP contribution in [0, 0.1) is 6.92 Å². The Morgan fingerprint density at radius 3 is 2.81 bits per heavy atom. The molecule has 134 valence electrons. The standard InChI is InChI=1S/C20H16N4O3/c1-13-22-18(24-27-13)12-26-17-10-3-2-8-15(17)20(25)23-16-9-4-6-14-7-5-11-21-19(14)16/h2-11H,12H2,1H3,(H,23,25). The zero-order valence-corrected chi connectivity index (χ0v) is 14.5. The smallest absolute Gasteiger partial charge is 0.259 e. The van der Waals surface area contributed by atoms with Crippen molar-refractivity contribution in [1.82, 2.24) is 15.1 Å². The second-order valence-electron chi connectivity index (χ2n) is 5.85. The number of hydrogen-bond acceptors (Lipinski definition) is 6. The van der Waals surface area contributed by atoms with Crippen LogP contribution in [0.15, 0.2) is 65.3 Å². The van der Waals surface area contributed by atoms with Gasteiger partial charge in [-0.1, -0.05) is 35.5 Å². The lowest BCUT2D eigenvalue weighted by Crippen LogP contribution is -2.14. The fraction of sp³-hybridized carbons (Fsp3) is 0.100. The number of anilines is 1. The van der Waals surface area contributed by atoms with Crippen molar-refractivity contribution in [1.29, 1.82) is 0 Å². The molecule has 2 aromatic heterocycles. The van der Waals surface area contributed by atoms with Gasteiger partial charge in [0, 0.05) is 18.5 Å². The quantitative estimate of drug-likeness (QED) is 0.583. The summed E-state index contributed by atoms with van der Waals surface area (Å²) in [6.45, 7) is 1.81. The maximum Gasteiger partial charge on any atom is 0.259 e. The van der Waals surface area contributed by atoms with Crippen molar-refractivity contribution >= 4 is 22.5 Å². The predicted octanol–water partition coefficient (Wildman–Crippen LogP) is 3.76. The zero-order chi connectivity index (χ0) is 18.6. The van der Waals surface area contributed by atoms with Gasteiger partial charge in [0.2, 0.25) is 11.7 Å². The van der Waals surface area contributed by atoms with Gasteiger partial charge in [0.25, 0.3) is 5.91 Å². The van der Waals surface area contributed by atoms with Gasteiger partial charge in [-0.15, -0.1) is 0 Å². The minimum absolute atomic E-state index is 0.109. The number of hydrogen-bond donors (Lipinski definition) is 1. The first-order valence-electron chi connectivity index (χ1n) is 8.37. The minimum Gasteiger partial charge on any atom is -0.485 e. The van der Waals surface area contributed by atoms with Crippen LogP contribution in [-0.4, -0.2) is 21.0 Å². The van der Waals surface area contributed by atoms with E-state index in [1.54, 1.807) is 37.4 Å². The number of pyridine rings is 1. The number of fused-ring (bicyclic) bond motifs is 1. The van der Waals surface area contributed by atoms with E-state index in [1.165, 1.54) is 0 Å². The summed E-state index contributed by atoms with van der Waals surface area (Å²) in [4.78, 5) is 21.3. The van der Waals surface area contributed by atoms with Gasteiger partial charge in [-0.25, -0.2) is 0 Å². The van der Waals surface area contributed by atoms with E-state index in [4.69, 9.17) is 9.26 Å². The Hall–Kier alpha value is -3.74. The molecule has 0 spiro atoms. The van der Waals surface area contributed by atoms with Crippen LogP contribution >= 0.6 is 0 Å². The highest BCUT2D eigenvalue weighted by molar-refractivity contribution is 6.09. The van der Waals surface area contributed by atoms with Crippen molar-refractivity contribution in [2.75, 3.05) is 5.32 Å². The second kappa shape index (κ2) is 7.25. The molecular weight excluding hydrogens is 344 g/mol. The molecular formula is C20H16N4O3. The monoisotopic (exact) mass is 360 g/mol. The molecule has 2 heterocycles. The Balaban J connectivity index is 1.56. The third-order valence-corrected chi connectivity index (χ3v) is 3.94. The van der Waals surface area contributed by atoms with Crippen molar-refractivity contribution in [3.63, 3.8) is 0 Å². The number of carbonyl (C=O) groups is 1. The van der Waals surface area contributed by atoms with Crippen molar-refractivity contribution in [2.45, 2.75) is 13.5 Å². The van der Waals surface area contributed by atoms with Gasteiger partial charge >= 0.3 is 0 Å². The number of rotatable bonds is 5. The molecule has 0 saturated carbocycles. The fourth-order valence-electron chi connectivity index (χ4n) is 2.72. The van der Waals surface area contributed by atoms with Gasteiger partial charge in [0.15, 0.2) is 6.61 Å². The van der Waals surface area contributed by atoms with Crippen LogP contribution in [0.25, 0.3) is 10.9 Å². The topological polar surface area (TPSA) is 90.1 Å². The second-order valence-corrected chi connectivity index (χ2v) is 5.85. The highest BCUT2D eigenvalue weighted by atomic mass is 16.5. The molecule has 1 N–H and O–H groups in total. The lowest BCUT2D eigenvalue weighted by Gasteiger charge is -2.11. The van der Waals surface area contributed by atoms with Crippen molar-refractivity contribution in [3.8, 4) is 5.75 Å². The van der Waals surface area contributed by atoms with Crippen LogP contribution in [0.2, 0.25) is 0 Å². The summed E-state index contributed by atoms with van der Waals surface area (Å²) in [5.74, 6) is 1.03. The van der Waals surface area contributed by atoms with E-state index < -0.39 is 0 Å². The molecule has 0 radical (unpaired) electrons. The Kier molecular flexibility index (Phi) is 4.49. The average molecular weight is 360 g/mol. The zero-order valence-electron chi connectivity index (χ0n) is 14.5. The Morgan fingerprint density at radius 1 is 1.11 bits per heavy atom. The molecule has 1 amide bonds. The molecule has 0 unspecified atom stereocenters. The Labute approximate surface area is 155 Å². The van der Waals surface area contributed by atoms with Crippen LogP contribution in [0.3, 0.4) is 0 Å². The summed E-state index contributed by atoms with van der Waals surface area (Å²) in [6.07, 6.45) is 1.70. The number of para-hydroxylation sites is 2. The van der Waals surface area contributed by atoms with Crippen molar-refractivity contribution in [2.24, 2.45) is 0 Å². The maximum absolute atomic E-state index is 12.8. The molecule has 0 atom stereocenters. The predicted molar refractivity (Wildman–Crippen MR) is 99.5 cm³/mol. The third-order valence-electron chi connectivity index (χ3n) is 3.94. The molecule has 0 aliphatic rings. The van der Waals surface area contributed by atoms with E-state index in [0.717, 1.165) is 10.9 Å². The SMILES string of the molecule is Cc1nc(COc2ccccc2C(=O)Nc2cccc3cccnc23)no1. The van der Waals surface area contributed by atoms with Gasteiger partial charge in [0.1, 0.15) is 5.75 Å². The summed E-state index contributed by atoms with van der Waals surface area (Å²) in [7, 11) is 0. The highest BCUT2D eigenvalue weighted by Crippen LogP contribution is 2.24. The molecule has 2 aromatic carbocycles. The molecule has 0 saturated heterocycles. The number of aromatic nitrogens is 3. The van der Waals surface area contributed by atoms with Gasteiger partial charge in [0.05, 0.1) is 16.8 Å². The highest BCUT2D eigenvalue weighted by Gasteiger charge is 2.15. The van der Waals surface area contributed by atoms with Gasteiger partial charge < -0.3 is 14.6 Å². The largest absolute Gasteiger partial charge is 0.485 e. The molecule has 7 heteroatoms. The average Bonchev–Trinajstić information content (AvgIpc) is 3.12. The van der Waals surface area contributed by atoms with Gasteiger partial charge in [-0.05, 0) is 24.3 Å². The number of nitrogens with zero attached hydrogens (tertiary/aromatic N) is 3. The van der Waals surface area contributed by atoms with Crippen LogP contribution in [0.5, 0.6) is 5.75 Å². The summed E-state index contributed by atoms with van der Waals surface area (Å²) in [5, 5.41) is 7.65. The van der Waals surface area contributed by atoms with Crippen LogP contribution in [-0.2, 0) is 6.61 Å². The number of nitrogens with one attached hydrogen (secondary N) is 1. The lowest BCUT2D eigenvalue weighted by molar-refractivity contribution is 0.102. The van der Waals surface area contributed by atoms with Crippen LogP contribution in [0.1, 0.15) is 22.1 Å². The Morgan fingerprint density at radius 2 is 1.96 bits per heavy atom. The first kappa shape index (κ1) is 16.7. The van der Waals surface area contributed by atoms with E-state index in [2.05, 4.69) is 20.4 Å². The third kappa shape index (κ3) is 3.62. The van der Waals surface area contributed by atoms with E-state index in [1.807, 2.05) is 30.3 Å². The number of amides is 1. The van der Waals surface area contributed by atoms with Gasteiger partial charge in [-0.2, -0.15) is 4.98 Å². The van der Waals surface area contributed by atoms with E-state index in [9.17, 15) is 4.79 Å². The lowest BCUT2D eigenvalue weighted by atomic mass is 10.1. The van der Waals surface area contributed by atoms with Crippen molar-refractivity contribution < 1.29 is 14.1 Å². The number of ether oxygens (including phenoxy) is 1. The molecule has 0 fully saturated rings. The van der Waals surface area contributed by atoms with Crippen molar-refractivity contribution in [3.05, 3.63) is 78.1 Å². The molecule has 0 aliphatic heterocycles. The summed E-state index contributed by atoms with van der Waals surface area (Å²) < 4.78 is 10.6. The van der Waals surface area contributed by atoms with E-state index in [-0.39, 0.29) is 12.5 Å². The summed E-state index contributed by atoms with van der Waals surface area (Å²) >= 11 is 0. The molecule has 0 aliphatic carbocycles. The first-order valence-corrected chi connectivity index (χ1v) is 8.37.